The van der Waals surface area contributed by atoms with E-state index in [4.69, 9.17) is 10.8 Å². The summed E-state index contributed by atoms with van der Waals surface area (Å²) in [6, 6.07) is 0. The van der Waals surface area contributed by atoms with E-state index in [1.165, 1.54) is 37.4 Å². The topological polar surface area (TPSA) is 94.0 Å². The summed E-state index contributed by atoms with van der Waals surface area (Å²) < 4.78 is 1.89. The van der Waals surface area contributed by atoms with Crippen LogP contribution in [0.25, 0.3) is 0 Å². The third kappa shape index (κ3) is 2.19. The van der Waals surface area contributed by atoms with E-state index in [9.17, 15) is 4.79 Å². The molecule has 98 valence electrons. The Morgan fingerprint density at radius 2 is 2.22 bits per heavy atom. The molecular formula is C11H16N4O2S. The maximum Gasteiger partial charge on any atom is 0.313 e. The Morgan fingerprint density at radius 3 is 2.78 bits per heavy atom. The van der Waals surface area contributed by atoms with E-state index in [2.05, 4.69) is 10.2 Å². The van der Waals surface area contributed by atoms with Crippen LogP contribution in [0.5, 0.6) is 0 Å². The fraction of sp³-hybridized carbons (Fsp3) is 0.727. The second-order valence-electron chi connectivity index (χ2n) is 5.25. The molecule has 6 nitrogen and oxygen atoms in total. The smallest absolute Gasteiger partial charge is 0.313 e. The molecule has 0 amide bonds. The Labute approximate surface area is 109 Å². The average Bonchev–Trinajstić information content (AvgIpc) is 3.19. The molecule has 2 fully saturated rings. The van der Waals surface area contributed by atoms with Crippen molar-refractivity contribution in [3.63, 3.8) is 0 Å². The number of aromatic nitrogens is 3. The zero-order valence-electron chi connectivity index (χ0n) is 10.0. The van der Waals surface area contributed by atoms with Gasteiger partial charge in [0.05, 0.1) is 5.75 Å². The minimum Gasteiger partial charge on any atom is -0.481 e. The van der Waals surface area contributed by atoms with Gasteiger partial charge < -0.3 is 10.8 Å². The van der Waals surface area contributed by atoms with Gasteiger partial charge in [0.2, 0.25) is 5.95 Å². The summed E-state index contributed by atoms with van der Waals surface area (Å²) in [5.74, 6) is 0.372. The summed E-state index contributed by atoms with van der Waals surface area (Å²) in [5.41, 5.74) is 6.23. The van der Waals surface area contributed by atoms with Crippen molar-refractivity contribution in [1.82, 2.24) is 14.8 Å². The van der Waals surface area contributed by atoms with Gasteiger partial charge in [0.25, 0.3) is 0 Å². The van der Waals surface area contributed by atoms with Crippen LogP contribution in [-0.2, 0) is 11.3 Å². The first-order valence-corrected chi connectivity index (χ1v) is 7.12. The van der Waals surface area contributed by atoms with E-state index >= 15 is 0 Å². The molecule has 0 saturated heterocycles. The van der Waals surface area contributed by atoms with E-state index in [0.29, 0.717) is 16.5 Å². The molecule has 1 heterocycles. The molecule has 0 atom stereocenters. The van der Waals surface area contributed by atoms with Crippen LogP contribution in [0.2, 0.25) is 0 Å². The van der Waals surface area contributed by atoms with Crippen molar-refractivity contribution < 1.29 is 9.90 Å². The van der Waals surface area contributed by atoms with Crippen LogP contribution in [0, 0.1) is 11.3 Å². The Kier molecular flexibility index (Phi) is 2.73. The first-order valence-electron chi connectivity index (χ1n) is 6.14. The van der Waals surface area contributed by atoms with E-state index in [1.54, 1.807) is 0 Å². The number of rotatable bonds is 6. The van der Waals surface area contributed by atoms with Gasteiger partial charge in [0, 0.05) is 6.54 Å². The van der Waals surface area contributed by atoms with Gasteiger partial charge in [0.1, 0.15) is 0 Å². The lowest BCUT2D eigenvalue weighted by molar-refractivity contribution is -0.133. The van der Waals surface area contributed by atoms with Gasteiger partial charge in [-0.15, -0.1) is 10.2 Å². The molecule has 0 aliphatic heterocycles. The number of thioether (sulfide) groups is 1. The summed E-state index contributed by atoms with van der Waals surface area (Å²) in [5, 5.41) is 17.2. The Balaban J connectivity index is 1.74. The number of nitrogens with two attached hydrogens (primary N) is 1. The van der Waals surface area contributed by atoms with Gasteiger partial charge in [-0.1, -0.05) is 11.8 Å². The highest BCUT2D eigenvalue weighted by atomic mass is 32.2. The number of hydrogen-bond acceptors (Lipinski definition) is 5. The van der Waals surface area contributed by atoms with Gasteiger partial charge in [-0.2, -0.15) is 0 Å². The van der Waals surface area contributed by atoms with Crippen LogP contribution >= 0.6 is 11.8 Å². The predicted octanol–water partition coefficient (Wildman–Crippen LogP) is 1.23. The minimum atomic E-state index is -0.851. The molecule has 1 aromatic rings. The van der Waals surface area contributed by atoms with Crippen molar-refractivity contribution in [2.24, 2.45) is 11.3 Å². The molecule has 18 heavy (non-hydrogen) atoms. The summed E-state index contributed by atoms with van der Waals surface area (Å²) in [7, 11) is 0. The zero-order chi connectivity index (χ0) is 12.8. The molecule has 2 aliphatic carbocycles. The number of anilines is 1. The lowest BCUT2D eigenvalue weighted by atomic mass is 10.0. The van der Waals surface area contributed by atoms with Crippen LogP contribution in [0.1, 0.15) is 25.7 Å². The lowest BCUT2D eigenvalue weighted by Crippen LogP contribution is -2.16. The van der Waals surface area contributed by atoms with Crippen molar-refractivity contribution in [3.05, 3.63) is 0 Å². The summed E-state index contributed by atoms with van der Waals surface area (Å²) in [6.07, 6.45) is 5.13. The third-order valence-corrected chi connectivity index (χ3v) is 4.83. The molecule has 2 saturated carbocycles. The predicted molar refractivity (Wildman–Crippen MR) is 67.2 cm³/mol. The molecule has 2 aliphatic rings. The van der Waals surface area contributed by atoms with E-state index in [0.717, 1.165) is 12.5 Å². The zero-order valence-corrected chi connectivity index (χ0v) is 10.8. The molecule has 0 aromatic carbocycles. The van der Waals surface area contributed by atoms with Crippen LogP contribution < -0.4 is 5.73 Å². The van der Waals surface area contributed by atoms with Gasteiger partial charge in [-0.05, 0) is 37.0 Å². The number of aliphatic carboxylic acids is 1. The molecular weight excluding hydrogens is 252 g/mol. The second-order valence-corrected chi connectivity index (χ2v) is 6.19. The SMILES string of the molecule is Nc1nnc(SCC(=O)O)n1CC1(C2CC2)CC1. The number of nitrogens with zero attached hydrogens (tertiary/aromatic N) is 3. The Morgan fingerprint density at radius 1 is 1.50 bits per heavy atom. The quantitative estimate of drug-likeness (QED) is 0.753. The highest BCUT2D eigenvalue weighted by Gasteiger charge is 2.54. The fourth-order valence-corrected chi connectivity index (χ4v) is 3.21. The number of carbonyl (C=O) groups is 1. The fourth-order valence-electron chi connectivity index (χ4n) is 2.55. The molecule has 3 rings (SSSR count). The van der Waals surface area contributed by atoms with E-state index in [1.807, 2.05) is 4.57 Å². The molecule has 7 heteroatoms. The summed E-state index contributed by atoms with van der Waals surface area (Å²) >= 11 is 1.19. The van der Waals surface area contributed by atoms with Gasteiger partial charge >= 0.3 is 5.97 Å². The molecule has 1 aromatic heterocycles. The van der Waals surface area contributed by atoms with Crippen LogP contribution in [-0.4, -0.2) is 31.6 Å². The third-order valence-electron chi connectivity index (χ3n) is 3.88. The maximum atomic E-state index is 10.6. The largest absolute Gasteiger partial charge is 0.481 e. The highest BCUT2D eigenvalue weighted by Crippen LogP contribution is 2.62. The number of carboxylic acid groups (broad SMARTS) is 1. The normalized spacial score (nSPS) is 20.9. The van der Waals surface area contributed by atoms with E-state index < -0.39 is 5.97 Å². The average molecular weight is 268 g/mol. The molecule has 0 spiro atoms. The highest BCUT2D eigenvalue weighted by molar-refractivity contribution is 7.99. The summed E-state index contributed by atoms with van der Waals surface area (Å²) in [6.45, 7) is 0.846. The van der Waals surface area contributed by atoms with Crippen molar-refractivity contribution in [2.45, 2.75) is 37.4 Å². The molecule has 0 bridgehead atoms. The van der Waals surface area contributed by atoms with Crippen LogP contribution in [0.15, 0.2) is 5.16 Å². The van der Waals surface area contributed by atoms with Crippen molar-refractivity contribution in [1.29, 1.82) is 0 Å². The Bertz CT molecular complexity index is 479. The maximum absolute atomic E-state index is 10.6. The van der Waals surface area contributed by atoms with Crippen LogP contribution in [0.4, 0.5) is 5.95 Å². The number of hydrogen-bond donors (Lipinski definition) is 2. The summed E-state index contributed by atoms with van der Waals surface area (Å²) in [4.78, 5) is 10.6. The van der Waals surface area contributed by atoms with Crippen molar-refractivity contribution >= 4 is 23.7 Å². The first-order chi connectivity index (χ1) is 8.61. The lowest BCUT2D eigenvalue weighted by Gasteiger charge is -2.16. The molecule has 0 unspecified atom stereocenters. The Hall–Kier alpha value is -1.24. The monoisotopic (exact) mass is 268 g/mol. The second kappa shape index (κ2) is 4.15. The van der Waals surface area contributed by atoms with Crippen LogP contribution in [0.3, 0.4) is 0 Å². The van der Waals surface area contributed by atoms with E-state index in [-0.39, 0.29) is 5.75 Å². The number of nitrogen functional groups attached to an aromatic ring is 1. The van der Waals surface area contributed by atoms with Crippen molar-refractivity contribution in [3.8, 4) is 0 Å². The van der Waals surface area contributed by atoms with Gasteiger partial charge in [-0.25, -0.2) is 0 Å². The number of carboxylic acids is 1. The van der Waals surface area contributed by atoms with Crippen molar-refractivity contribution in [2.75, 3.05) is 11.5 Å². The van der Waals surface area contributed by atoms with Gasteiger partial charge in [0.15, 0.2) is 5.16 Å². The standard InChI is InChI=1S/C11H16N4O2S/c12-9-13-14-10(18-5-8(16)17)15(9)6-11(3-4-11)7-1-2-7/h7H,1-6H2,(H2,12,13)(H,16,17). The molecule has 0 radical (unpaired) electrons. The minimum absolute atomic E-state index is 0.00539. The molecule has 3 N–H and O–H groups in total. The van der Waals surface area contributed by atoms with Gasteiger partial charge in [-0.3, -0.25) is 9.36 Å². The first kappa shape index (κ1) is 11.8.